The van der Waals surface area contributed by atoms with E-state index in [1.54, 1.807) is 71.9 Å². The minimum atomic E-state index is -3.13. The summed E-state index contributed by atoms with van der Waals surface area (Å²) in [5, 5.41) is 5.43. The summed E-state index contributed by atoms with van der Waals surface area (Å²) < 4.78 is 40.7. The second kappa shape index (κ2) is 12.1. The van der Waals surface area contributed by atoms with E-state index >= 15 is 0 Å². The van der Waals surface area contributed by atoms with Crippen molar-refractivity contribution < 1.29 is 32.5 Å². The third-order valence-corrected chi connectivity index (χ3v) is 6.92. The van der Waals surface area contributed by atoms with Gasteiger partial charge in [-0.05, 0) is 101 Å². The molecule has 0 spiro atoms. The van der Waals surface area contributed by atoms with E-state index in [-0.39, 0.29) is 27.7 Å². The average Bonchev–Trinajstić information content (AvgIpc) is 2.83. The molecule has 41 heavy (non-hydrogen) atoms. The summed E-state index contributed by atoms with van der Waals surface area (Å²) in [7, 11) is -3.13. The summed E-state index contributed by atoms with van der Waals surface area (Å²) in [6.07, 6.45) is -0.349. The van der Waals surface area contributed by atoms with E-state index in [1.165, 1.54) is 42.7 Å². The molecular weight excluding hydrogens is 549 g/mol. The molecule has 0 aromatic heterocycles. The van der Waals surface area contributed by atoms with Crippen molar-refractivity contribution in [3.05, 3.63) is 78.1 Å². The maximum atomic E-state index is 13.4. The Hall–Kier alpha value is -4.25. The fraction of sp³-hybridized carbons (Fsp3) is 0.300. The molecule has 3 aromatic rings. The summed E-state index contributed by atoms with van der Waals surface area (Å²) in [6.45, 7) is 10.2. The molecule has 0 fully saturated rings. The van der Waals surface area contributed by atoms with Crippen LogP contribution in [0, 0.1) is 5.82 Å². The Balaban J connectivity index is 1.89. The van der Waals surface area contributed by atoms with E-state index in [1.807, 2.05) is 0 Å². The molecule has 3 rings (SSSR count). The minimum absolute atomic E-state index is 0.219. The first-order valence-corrected chi connectivity index (χ1v) is 14.6. The lowest BCUT2D eigenvalue weighted by atomic mass is 10.0. The quantitative estimate of drug-likeness (QED) is 0.321. The first kappa shape index (κ1) is 31.3. The number of nitrogens with one attached hydrogen (secondary N) is 2. The van der Waals surface area contributed by atoms with Crippen molar-refractivity contribution in [3.8, 4) is 11.1 Å². The van der Waals surface area contributed by atoms with Crippen molar-refractivity contribution in [2.24, 2.45) is 4.36 Å². The smallest absolute Gasteiger partial charge is 0.442 e. The molecular formula is C30H34FN3O6S. The topological polar surface area (TPSA) is 123 Å². The summed E-state index contributed by atoms with van der Waals surface area (Å²) in [6, 6.07) is 16.6. The van der Waals surface area contributed by atoms with Gasteiger partial charge in [-0.1, -0.05) is 18.2 Å². The van der Waals surface area contributed by atoms with Gasteiger partial charge in [-0.3, -0.25) is 10.1 Å². The number of amides is 3. The van der Waals surface area contributed by atoms with Gasteiger partial charge in [-0.15, -0.1) is 4.36 Å². The zero-order chi connectivity index (χ0) is 30.6. The molecule has 1 atom stereocenters. The van der Waals surface area contributed by atoms with Gasteiger partial charge in [-0.2, -0.15) is 0 Å². The molecule has 3 amide bonds. The normalized spacial score (nSPS) is 13.0. The van der Waals surface area contributed by atoms with Gasteiger partial charge >= 0.3 is 12.2 Å². The average molecular weight is 584 g/mol. The van der Waals surface area contributed by atoms with E-state index < -0.39 is 39.0 Å². The lowest BCUT2D eigenvalue weighted by molar-refractivity contribution is 0.0603. The molecule has 2 N–H and O–H groups in total. The first-order chi connectivity index (χ1) is 18.9. The third kappa shape index (κ3) is 9.42. The molecule has 11 heteroatoms. The van der Waals surface area contributed by atoms with Gasteiger partial charge in [0.25, 0.3) is 5.91 Å². The van der Waals surface area contributed by atoms with Gasteiger partial charge in [0.1, 0.15) is 17.0 Å². The number of carbonyl (C=O) groups excluding carboxylic acids is 3. The highest BCUT2D eigenvalue weighted by atomic mass is 32.2. The van der Waals surface area contributed by atoms with Crippen LogP contribution in [-0.2, 0) is 19.2 Å². The van der Waals surface area contributed by atoms with Crippen molar-refractivity contribution in [2.45, 2.75) is 57.6 Å². The van der Waals surface area contributed by atoms with E-state index in [9.17, 15) is 23.0 Å². The van der Waals surface area contributed by atoms with Crippen molar-refractivity contribution >= 4 is 39.2 Å². The van der Waals surface area contributed by atoms with E-state index in [0.717, 1.165) is 0 Å². The molecule has 9 nitrogen and oxygen atoms in total. The number of anilines is 2. The van der Waals surface area contributed by atoms with Gasteiger partial charge in [-0.25, -0.2) is 18.2 Å². The monoisotopic (exact) mass is 583 g/mol. The first-order valence-electron chi connectivity index (χ1n) is 12.7. The second-order valence-corrected chi connectivity index (χ2v) is 13.5. The van der Waals surface area contributed by atoms with Crippen LogP contribution in [0.2, 0.25) is 0 Å². The largest absolute Gasteiger partial charge is 0.444 e. The van der Waals surface area contributed by atoms with Gasteiger partial charge in [0.2, 0.25) is 0 Å². The van der Waals surface area contributed by atoms with Crippen LogP contribution in [0.4, 0.5) is 25.4 Å². The predicted molar refractivity (Wildman–Crippen MR) is 157 cm³/mol. The fourth-order valence-corrected chi connectivity index (χ4v) is 4.59. The zero-order valence-corrected chi connectivity index (χ0v) is 24.9. The summed E-state index contributed by atoms with van der Waals surface area (Å²) in [5.74, 6) is -0.907. The highest BCUT2D eigenvalue weighted by Crippen LogP contribution is 2.30. The Morgan fingerprint density at radius 2 is 1.32 bits per heavy atom. The van der Waals surface area contributed by atoms with Crippen LogP contribution < -0.4 is 10.6 Å². The molecule has 218 valence electrons. The third-order valence-electron chi connectivity index (χ3n) is 5.28. The second-order valence-electron chi connectivity index (χ2n) is 11.2. The van der Waals surface area contributed by atoms with Gasteiger partial charge in [0.05, 0.1) is 21.1 Å². The van der Waals surface area contributed by atoms with Gasteiger partial charge in [0.15, 0.2) is 0 Å². The molecule has 0 saturated heterocycles. The molecule has 0 radical (unpaired) electrons. The fourth-order valence-electron chi connectivity index (χ4n) is 3.52. The predicted octanol–water partition coefficient (Wildman–Crippen LogP) is 7.48. The Bertz CT molecular complexity index is 1560. The molecule has 0 aliphatic rings. The van der Waals surface area contributed by atoms with Crippen molar-refractivity contribution in [1.82, 2.24) is 0 Å². The van der Waals surface area contributed by atoms with Crippen molar-refractivity contribution in [2.75, 3.05) is 16.9 Å². The zero-order valence-electron chi connectivity index (χ0n) is 24.0. The van der Waals surface area contributed by atoms with E-state index in [0.29, 0.717) is 11.1 Å². The molecule has 3 aromatic carbocycles. The summed E-state index contributed by atoms with van der Waals surface area (Å²) in [4.78, 5) is 38.0. The van der Waals surface area contributed by atoms with E-state index in [2.05, 4.69) is 15.0 Å². The number of nitrogens with zero attached hydrogens (tertiary/aromatic N) is 1. The van der Waals surface area contributed by atoms with Gasteiger partial charge < -0.3 is 14.8 Å². The minimum Gasteiger partial charge on any atom is -0.444 e. The van der Waals surface area contributed by atoms with Crippen LogP contribution in [0.3, 0.4) is 0 Å². The maximum absolute atomic E-state index is 13.4. The lowest BCUT2D eigenvalue weighted by Gasteiger charge is -2.21. The van der Waals surface area contributed by atoms with Crippen LogP contribution in [0.15, 0.2) is 76.0 Å². The number of rotatable bonds is 5. The SMILES string of the molecule is CC(C)(C)OC(=O)N=[S@@](C)(=O)c1ccc(C(=O)Nc2cc(-c3ccc(F)cc3)ccc2NC(=O)OC(C)(C)C)cc1. The van der Waals surface area contributed by atoms with Gasteiger partial charge in [0, 0.05) is 16.7 Å². The highest BCUT2D eigenvalue weighted by molar-refractivity contribution is 7.93. The molecule has 0 aliphatic carbocycles. The Morgan fingerprint density at radius 1 is 0.756 bits per heavy atom. The summed E-state index contributed by atoms with van der Waals surface area (Å²) >= 11 is 0. The number of hydrogen-bond donors (Lipinski definition) is 2. The lowest BCUT2D eigenvalue weighted by Crippen LogP contribution is -2.27. The number of carbonyl (C=O) groups is 3. The number of halogens is 1. The molecule has 0 bridgehead atoms. The highest BCUT2D eigenvalue weighted by Gasteiger charge is 2.20. The van der Waals surface area contributed by atoms with Crippen molar-refractivity contribution in [3.63, 3.8) is 0 Å². The molecule has 0 unspecified atom stereocenters. The van der Waals surface area contributed by atoms with Crippen LogP contribution in [0.5, 0.6) is 0 Å². The number of ether oxygens (including phenoxy) is 2. The van der Waals surface area contributed by atoms with Crippen LogP contribution in [-0.4, -0.2) is 39.8 Å². The summed E-state index contributed by atoms with van der Waals surface area (Å²) in [5.41, 5.74) is 0.604. The van der Waals surface area contributed by atoms with Crippen molar-refractivity contribution in [1.29, 1.82) is 0 Å². The van der Waals surface area contributed by atoms with E-state index in [4.69, 9.17) is 9.47 Å². The Morgan fingerprint density at radius 3 is 1.88 bits per heavy atom. The van der Waals surface area contributed by atoms with Crippen LogP contribution in [0.25, 0.3) is 11.1 Å². The van der Waals surface area contributed by atoms with Crippen LogP contribution >= 0.6 is 0 Å². The molecule has 0 saturated carbocycles. The van der Waals surface area contributed by atoms with Crippen LogP contribution in [0.1, 0.15) is 51.9 Å². The Labute approximate surface area is 239 Å². The number of benzene rings is 3. The standard InChI is InChI=1S/C30H34FN3O6S/c1-29(2,3)39-27(36)33-24-17-12-21(19-8-13-22(31)14-9-19)18-25(24)32-26(35)20-10-15-23(16-11-20)41(7,38)34-28(37)40-30(4,5)6/h8-18H,1-7H3,(H,32,35)(H,33,36)/t41-/m0/s1. The Kier molecular flexibility index (Phi) is 9.23. The maximum Gasteiger partial charge on any atom is 0.442 e. The number of hydrogen-bond acceptors (Lipinski definition) is 6. The molecule has 0 aliphatic heterocycles. The molecule has 0 heterocycles.